The highest BCUT2D eigenvalue weighted by molar-refractivity contribution is 7.80. The number of hydrogen-bond acceptors (Lipinski definition) is 3. The van der Waals surface area contributed by atoms with Gasteiger partial charge in [-0.1, -0.05) is 48.5 Å². The lowest BCUT2D eigenvalue weighted by Gasteiger charge is -2.23. The van der Waals surface area contributed by atoms with E-state index in [0.717, 1.165) is 62.7 Å². The van der Waals surface area contributed by atoms with Gasteiger partial charge in [0.2, 0.25) is 0 Å². The average Bonchev–Trinajstić information content (AvgIpc) is 3.04. The van der Waals surface area contributed by atoms with Crippen LogP contribution in [-0.2, 0) is 4.74 Å². The van der Waals surface area contributed by atoms with Crippen molar-refractivity contribution in [1.29, 1.82) is 0 Å². The summed E-state index contributed by atoms with van der Waals surface area (Å²) in [5.74, 6) is 0. The van der Waals surface area contributed by atoms with Gasteiger partial charge in [0.1, 0.15) is 13.1 Å². The highest BCUT2D eigenvalue weighted by atomic mass is 32.1. The maximum absolute atomic E-state index is 5.40. The zero-order valence-electron chi connectivity index (χ0n) is 15.3. The van der Waals surface area contributed by atoms with Crippen molar-refractivity contribution in [2.45, 2.75) is 6.42 Å². The molecule has 0 atom stereocenters. The molecule has 4 rings (SSSR count). The number of morpholine rings is 1. The number of hydrazone groups is 1. The highest BCUT2D eigenvalue weighted by Gasteiger charge is 2.24. The smallest absolute Gasteiger partial charge is 0.186 e. The van der Waals surface area contributed by atoms with Gasteiger partial charge in [-0.3, -0.25) is 5.43 Å². The van der Waals surface area contributed by atoms with E-state index in [1.807, 2.05) is 12.1 Å². The Hall–Kier alpha value is -2.28. The van der Waals surface area contributed by atoms with E-state index in [0.29, 0.717) is 5.11 Å². The summed E-state index contributed by atoms with van der Waals surface area (Å²) < 4.78 is 5.39. The molecule has 3 N–H and O–H groups in total. The lowest BCUT2D eigenvalue weighted by Crippen LogP contribution is -3.14. The zero-order valence-corrected chi connectivity index (χ0v) is 16.1. The molecule has 0 saturated carbocycles. The van der Waals surface area contributed by atoms with Gasteiger partial charge < -0.3 is 15.0 Å². The van der Waals surface area contributed by atoms with Crippen molar-refractivity contribution in [3.8, 4) is 11.1 Å². The van der Waals surface area contributed by atoms with Crippen LogP contribution >= 0.6 is 12.2 Å². The van der Waals surface area contributed by atoms with Gasteiger partial charge in [-0.05, 0) is 23.3 Å². The normalized spacial score (nSPS) is 15.8. The van der Waals surface area contributed by atoms with E-state index in [-0.39, 0.29) is 0 Å². The fraction of sp³-hybridized carbons (Fsp3) is 0.333. The van der Waals surface area contributed by atoms with Gasteiger partial charge in [0.25, 0.3) is 0 Å². The zero-order chi connectivity index (χ0) is 18.5. The van der Waals surface area contributed by atoms with Crippen molar-refractivity contribution in [3.63, 3.8) is 0 Å². The molecule has 0 unspecified atom stereocenters. The van der Waals surface area contributed by atoms with Gasteiger partial charge in [-0.15, -0.1) is 0 Å². The van der Waals surface area contributed by atoms with E-state index in [1.165, 1.54) is 11.1 Å². The molecule has 1 aliphatic carbocycles. The Morgan fingerprint density at radius 3 is 2.19 bits per heavy atom. The number of quaternary nitrogens is 1. The number of thiocarbonyl (C=S) groups is 1. The first-order valence-electron chi connectivity index (χ1n) is 9.55. The Balaban J connectivity index is 1.33. The number of nitrogens with one attached hydrogen (secondary N) is 3. The fourth-order valence-electron chi connectivity index (χ4n) is 3.71. The van der Waals surface area contributed by atoms with E-state index in [4.69, 9.17) is 17.0 Å². The van der Waals surface area contributed by atoms with Crippen molar-refractivity contribution in [2.75, 3.05) is 39.4 Å². The standard InChI is InChI=1S/C21H24N4OS/c27-21(22-10-5-11-25-12-14-26-15-13-25)24-23-20-18-8-3-1-6-16(18)17-7-2-4-9-19(17)20/h1-4,6-9H,5,10-15H2,(H2,22,24,27)/p+1. The van der Waals surface area contributed by atoms with E-state index >= 15 is 0 Å². The van der Waals surface area contributed by atoms with Gasteiger partial charge >= 0.3 is 0 Å². The second-order valence-corrected chi connectivity index (χ2v) is 7.29. The van der Waals surface area contributed by atoms with Gasteiger partial charge in [0.05, 0.1) is 25.5 Å². The predicted octanol–water partition coefficient (Wildman–Crippen LogP) is 1.19. The second kappa shape index (κ2) is 8.61. The maximum atomic E-state index is 5.40. The number of benzene rings is 2. The van der Waals surface area contributed by atoms with Crippen molar-refractivity contribution in [3.05, 3.63) is 59.7 Å². The summed E-state index contributed by atoms with van der Waals surface area (Å²) in [4.78, 5) is 1.61. The van der Waals surface area contributed by atoms with Crippen LogP contribution in [0.2, 0.25) is 0 Å². The van der Waals surface area contributed by atoms with Crippen LogP contribution in [0.5, 0.6) is 0 Å². The van der Waals surface area contributed by atoms with Crippen LogP contribution in [0.15, 0.2) is 53.6 Å². The van der Waals surface area contributed by atoms with Gasteiger partial charge in [-0.25, -0.2) is 0 Å². The van der Waals surface area contributed by atoms with Crippen LogP contribution in [-0.4, -0.2) is 50.2 Å². The summed E-state index contributed by atoms with van der Waals surface area (Å²) in [7, 11) is 0. The predicted molar refractivity (Wildman–Crippen MR) is 112 cm³/mol. The van der Waals surface area contributed by atoms with Gasteiger partial charge in [0, 0.05) is 24.1 Å². The summed E-state index contributed by atoms with van der Waals surface area (Å²) >= 11 is 5.40. The van der Waals surface area contributed by atoms with Crippen LogP contribution < -0.4 is 15.6 Å². The van der Waals surface area contributed by atoms with E-state index < -0.39 is 0 Å². The molecular formula is C21H25N4OS+. The van der Waals surface area contributed by atoms with Gasteiger partial charge in [0.15, 0.2) is 5.11 Å². The first-order valence-corrected chi connectivity index (χ1v) is 9.96. The van der Waals surface area contributed by atoms with Crippen molar-refractivity contribution in [1.82, 2.24) is 10.7 Å². The highest BCUT2D eigenvalue weighted by Crippen LogP contribution is 2.36. The molecule has 1 aliphatic heterocycles. The molecule has 0 radical (unpaired) electrons. The Morgan fingerprint density at radius 2 is 1.56 bits per heavy atom. The summed E-state index contributed by atoms with van der Waals surface area (Å²) in [5, 5.41) is 8.45. The molecule has 1 fully saturated rings. The Kier molecular flexibility index (Phi) is 5.77. The van der Waals surface area contributed by atoms with Crippen molar-refractivity contribution in [2.24, 2.45) is 5.10 Å². The third-order valence-electron chi connectivity index (χ3n) is 5.12. The van der Waals surface area contributed by atoms with Crippen LogP contribution in [0.4, 0.5) is 0 Å². The van der Waals surface area contributed by atoms with Crippen LogP contribution in [0.25, 0.3) is 11.1 Å². The largest absolute Gasteiger partial charge is 0.370 e. The Labute approximate surface area is 165 Å². The molecule has 1 heterocycles. The fourth-order valence-corrected chi connectivity index (χ4v) is 3.86. The minimum absolute atomic E-state index is 0.571. The first-order chi connectivity index (χ1) is 13.3. The molecule has 0 spiro atoms. The molecule has 6 heteroatoms. The molecule has 2 aliphatic rings. The first kappa shape index (κ1) is 18.1. The third-order valence-corrected chi connectivity index (χ3v) is 5.35. The van der Waals surface area contributed by atoms with E-state index in [2.05, 4.69) is 52.2 Å². The number of fused-ring (bicyclic) bond motifs is 3. The number of rotatable bonds is 5. The van der Waals surface area contributed by atoms with Crippen molar-refractivity contribution < 1.29 is 9.64 Å². The lowest BCUT2D eigenvalue weighted by atomic mass is 10.1. The van der Waals surface area contributed by atoms with Crippen LogP contribution in [0.3, 0.4) is 0 Å². The molecule has 1 saturated heterocycles. The third kappa shape index (κ3) is 4.18. The Bertz CT molecular complexity index is 798. The molecule has 2 aromatic carbocycles. The Morgan fingerprint density at radius 1 is 0.963 bits per heavy atom. The molecule has 5 nitrogen and oxygen atoms in total. The summed E-state index contributed by atoms with van der Waals surface area (Å²) in [6.45, 7) is 5.97. The summed E-state index contributed by atoms with van der Waals surface area (Å²) in [6.07, 6.45) is 1.08. The van der Waals surface area contributed by atoms with Crippen molar-refractivity contribution >= 4 is 23.0 Å². The molecule has 0 bridgehead atoms. The van der Waals surface area contributed by atoms with Crippen LogP contribution in [0.1, 0.15) is 17.5 Å². The minimum Gasteiger partial charge on any atom is -0.370 e. The summed E-state index contributed by atoms with van der Waals surface area (Å²) in [5.41, 5.74) is 8.71. The second-order valence-electron chi connectivity index (χ2n) is 6.89. The van der Waals surface area contributed by atoms with E-state index in [1.54, 1.807) is 4.90 Å². The van der Waals surface area contributed by atoms with Crippen LogP contribution in [0, 0.1) is 0 Å². The number of hydrogen-bond donors (Lipinski definition) is 3. The van der Waals surface area contributed by atoms with E-state index in [9.17, 15) is 0 Å². The molecular weight excluding hydrogens is 356 g/mol. The molecule has 0 amide bonds. The molecule has 2 aromatic rings. The molecule has 140 valence electrons. The topological polar surface area (TPSA) is 50.1 Å². The molecule has 27 heavy (non-hydrogen) atoms. The lowest BCUT2D eigenvalue weighted by molar-refractivity contribution is -0.908. The monoisotopic (exact) mass is 381 g/mol. The maximum Gasteiger partial charge on any atom is 0.186 e. The number of nitrogens with zero attached hydrogens (tertiary/aromatic N) is 1. The molecule has 0 aromatic heterocycles. The van der Waals surface area contributed by atoms with Gasteiger partial charge in [-0.2, -0.15) is 5.10 Å². The quantitative estimate of drug-likeness (QED) is 0.353. The summed E-state index contributed by atoms with van der Waals surface area (Å²) in [6, 6.07) is 16.7. The number of ether oxygens (including phenoxy) is 1. The SMILES string of the molecule is S=C(NCCC[NH+]1CCOCC1)NN=C1c2ccccc2-c2ccccc21. The minimum atomic E-state index is 0.571. The average molecular weight is 382 g/mol.